The van der Waals surface area contributed by atoms with Gasteiger partial charge in [0.2, 0.25) is 0 Å². The topological polar surface area (TPSA) is 89.5 Å². The lowest BCUT2D eigenvalue weighted by molar-refractivity contribution is -0.217. The van der Waals surface area contributed by atoms with E-state index in [9.17, 15) is 9.59 Å². The molecule has 8 nitrogen and oxygen atoms in total. The van der Waals surface area contributed by atoms with Crippen LogP contribution in [0.15, 0.2) is 22.8 Å². The summed E-state index contributed by atoms with van der Waals surface area (Å²) in [5.74, 6) is -2.37. The Morgan fingerprint density at radius 2 is 1.72 bits per heavy atom. The molecule has 0 aromatic heterocycles. The molecule has 25 heavy (non-hydrogen) atoms. The van der Waals surface area contributed by atoms with Crippen LogP contribution in [-0.2, 0) is 38.0 Å². The molecule has 2 aliphatic heterocycles. The predicted molar refractivity (Wildman–Crippen MR) is 85.7 cm³/mol. The van der Waals surface area contributed by atoms with Gasteiger partial charge in [-0.2, -0.15) is 0 Å². The van der Waals surface area contributed by atoms with Gasteiger partial charge in [-0.05, 0) is 18.6 Å². The Morgan fingerprint density at radius 1 is 1.12 bits per heavy atom. The van der Waals surface area contributed by atoms with Gasteiger partial charge in [-0.1, -0.05) is 0 Å². The van der Waals surface area contributed by atoms with E-state index in [1.54, 1.807) is 13.0 Å². The van der Waals surface area contributed by atoms with Crippen molar-refractivity contribution in [2.75, 3.05) is 42.2 Å². The maximum Gasteiger partial charge on any atom is 0.337 e. The van der Waals surface area contributed by atoms with Gasteiger partial charge in [-0.3, -0.25) is 0 Å². The fraction of sp³-hybridized carbons (Fsp3) is 0.647. The highest BCUT2D eigenvalue weighted by Gasteiger charge is 2.60. The number of ether oxygens (including phenoxy) is 6. The third-order valence-electron chi connectivity index (χ3n) is 4.69. The van der Waals surface area contributed by atoms with Crippen LogP contribution < -0.4 is 0 Å². The molecule has 0 spiro atoms. The van der Waals surface area contributed by atoms with Crippen LogP contribution in [0.1, 0.15) is 13.3 Å². The predicted octanol–water partition coefficient (Wildman–Crippen LogP) is 0.752. The third-order valence-corrected chi connectivity index (χ3v) is 4.69. The molecule has 0 aliphatic carbocycles. The van der Waals surface area contributed by atoms with Crippen LogP contribution in [0.2, 0.25) is 0 Å². The van der Waals surface area contributed by atoms with Gasteiger partial charge in [-0.15, -0.1) is 0 Å². The van der Waals surface area contributed by atoms with Crippen molar-refractivity contribution in [1.82, 2.24) is 0 Å². The van der Waals surface area contributed by atoms with Crippen LogP contribution in [0.3, 0.4) is 0 Å². The van der Waals surface area contributed by atoms with Crippen LogP contribution in [0.4, 0.5) is 0 Å². The quantitative estimate of drug-likeness (QED) is 0.358. The van der Waals surface area contributed by atoms with E-state index in [0.29, 0.717) is 5.57 Å². The fourth-order valence-corrected chi connectivity index (χ4v) is 3.31. The normalized spacial score (nSPS) is 25.2. The molecule has 2 unspecified atom stereocenters. The molecule has 2 bridgehead atoms. The first-order valence-electron chi connectivity index (χ1n) is 7.72. The minimum atomic E-state index is -1.25. The Kier molecular flexibility index (Phi) is 5.68. The van der Waals surface area contributed by atoms with Crippen molar-refractivity contribution in [3.63, 3.8) is 0 Å². The Hall–Kier alpha value is -1.74. The van der Waals surface area contributed by atoms with Gasteiger partial charge in [0, 0.05) is 27.8 Å². The maximum absolute atomic E-state index is 12.5. The lowest BCUT2D eigenvalue weighted by Crippen LogP contribution is -2.46. The van der Waals surface area contributed by atoms with E-state index in [2.05, 4.69) is 0 Å². The van der Waals surface area contributed by atoms with Gasteiger partial charge in [0.1, 0.15) is 11.7 Å². The van der Waals surface area contributed by atoms with E-state index in [1.165, 1.54) is 35.5 Å². The molecule has 0 aromatic carbocycles. The molecule has 0 fully saturated rings. The molecule has 2 heterocycles. The average molecular weight is 356 g/mol. The number of carbonyl (C=O) groups is 2. The minimum Gasteiger partial charge on any atom is -0.466 e. The van der Waals surface area contributed by atoms with Crippen molar-refractivity contribution in [3.8, 4) is 0 Å². The molecule has 0 saturated heterocycles. The van der Waals surface area contributed by atoms with E-state index >= 15 is 0 Å². The number of fused-ring (bicyclic) bond motifs is 2. The second-order valence-electron chi connectivity index (χ2n) is 5.98. The molecule has 140 valence electrons. The monoisotopic (exact) mass is 356 g/mol. The number of hydrogen-bond acceptors (Lipinski definition) is 8. The van der Waals surface area contributed by atoms with Crippen molar-refractivity contribution in [1.29, 1.82) is 0 Å². The van der Waals surface area contributed by atoms with Crippen molar-refractivity contribution < 1.29 is 38.0 Å². The van der Waals surface area contributed by atoms with Crippen LogP contribution >= 0.6 is 0 Å². The first-order valence-corrected chi connectivity index (χ1v) is 7.72. The first-order chi connectivity index (χ1) is 11.8. The number of methoxy groups -OCH3 is 5. The zero-order valence-electron chi connectivity index (χ0n) is 15.3. The Morgan fingerprint density at radius 3 is 2.20 bits per heavy atom. The highest BCUT2D eigenvalue weighted by Crippen LogP contribution is 2.52. The summed E-state index contributed by atoms with van der Waals surface area (Å²) < 4.78 is 32.0. The van der Waals surface area contributed by atoms with E-state index in [0.717, 1.165) is 0 Å². The first kappa shape index (κ1) is 19.6. The van der Waals surface area contributed by atoms with Crippen LogP contribution in [0.25, 0.3) is 0 Å². The lowest BCUT2D eigenvalue weighted by Gasteiger charge is -2.38. The van der Waals surface area contributed by atoms with Gasteiger partial charge in [-0.25, -0.2) is 9.59 Å². The molecule has 0 amide bonds. The summed E-state index contributed by atoms with van der Waals surface area (Å²) in [6, 6.07) is 0. The molecule has 2 aliphatic rings. The Balaban J connectivity index is 2.62. The summed E-state index contributed by atoms with van der Waals surface area (Å²) in [5, 5.41) is 0. The summed E-state index contributed by atoms with van der Waals surface area (Å²) in [6.07, 6.45) is 1.17. The third kappa shape index (κ3) is 3.10. The molecule has 0 N–H and O–H groups in total. The van der Waals surface area contributed by atoms with E-state index in [1.807, 2.05) is 0 Å². The lowest BCUT2D eigenvalue weighted by atomic mass is 9.76. The summed E-state index contributed by atoms with van der Waals surface area (Å²) >= 11 is 0. The zero-order valence-corrected chi connectivity index (χ0v) is 15.3. The van der Waals surface area contributed by atoms with Gasteiger partial charge >= 0.3 is 11.9 Å². The second-order valence-corrected chi connectivity index (χ2v) is 5.98. The van der Waals surface area contributed by atoms with Gasteiger partial charge < -0.3 is 28.4 Å². The standard InChI is InChI=1S/C17H24O8/c1-16(23-5,24-6)9-17-10(8-20-2)7-11(25-17)12(14(18)21-3)13(17)15(19)22-4/h7,11H,8-9H2,1-6H3. The molecule has 2 rings (SSSR count). The average Bonchev–Trinajstić information content (AvgIpc) is 3.12. The molecule has 0 aromatic rings. The van der Waals surface area contributed by atoms with Crippen LogP contribution in [0, 0.1) is 0 Å². The molecular weight excluding hydrogens is 332 g/mol. The molecule has 0 saturated carbocycles. The number of esters is 2. The second kappa shape index (κ2) is 7.25. The number of rotatable bonds is 8. The zero-order chi connectivity index (χ0) is 18.8. The number of carbonyl (C=O) groups excluding carboxylic acids is 2. The molecule has 0 radical (unpaired) electrons. The van der Waals surface area contributed by atoms with Crippen LogP contribution in [-0.4, -0.2) is 71.6 Å². The fourth-order valence-electron chi connectivity index (χ4n) is 3.31. The summed E-state index contributed by atoms with van der Waals surface area (Å²) in [4.78, 5) is 24.8. The largest absolute Gasteiger partial charge is 0.466 e. The van der Waals surface area contributed by atoms with Crippen molar-refractivity contribution in [2.24, 2.45) is 0 Å². The van der Waals surface area contributed by atoms with Gasteiger partial charge in [0.05, 0.1) is 32.0 Å². The molecule has 8 heteroatoms. The highest BCUT2D eigenvalue weighted by molar-refractivity contribution is 6.05. The number of hydrogen-bond donors (Lipinski definition) is 0. The smallest absolute Gasteiger partial charge is 0.337 e. The minimum absolute atomic E-state index is 0.0988. The van der Waals surface area contributed by atoms with Crippen molar-refractivity contribution in [3.05, 3.63) is 22.8 Å². The van der Waals surface area contributed by atoms with E-state index in [-0.39, 0.29) is 24.2 Å². The van der Waals surface area contributed by atoms with E-state index < -0.39 is 29.4 Å². The molecular formula is C17H24O8. The molecule has 2 atom stereocenters. The Bertz CT molecular complexity index is 616. The van der Waals surface area contributed by atoms with E-state index in [4.69, 9.17) is 28.4 Å². The SMILES string of the molecule is COCC1=CC2OC1(CC(C)(OC)OC)C(C(=O)OC)=C2C(=O)OC. The van der Waals surface area contributed by atoms with Crippen LogP contribution in [0.5, 0.6) is 0 Å². The summed E-state index contributed by atoms with van der Waals surface area (Å²) in [5.41, 5.74) is -0.322. The van der Waals surface area contributed by atoms with Gasteiger partial charge in [0.25, 0.3) is 0 Å². The highest BCUT2D eigenvalue weighted by atomic mass is 16.7. The Labute approximate surface area is 146 Å². The van der Waals surface area contributed by atoms with Crippen molar-refractivity contribution >= 4 is 11.9 Å². The summed E-state index contributed by atoms with van der Waals surface area (Å²) in [6.45, 7) is 1.93. The van der Waals surface area contributed by atoms with Crippen molar-refractivity contribution in [2.45, 2.75) is 30.8 Å². The summed E-state index contributed by atoms with van der Waals surface area (Å²) in [7, 11) is 7.01. The van der Waals surface area contributed by atoms with Gasteiger partial charge in [0.15, 0.2) is 5.79 Å². The maximum atomic E-state index is 12.5.